The Hall–Kier alpha value is -4.43. The second kappa shape index (κ2) is 10.3. The van der Waals surface area contributed by atoms with Crippen LogP contribution < -0.4 is 10.6 Å². The lowest BCUT2D eigenvalue weighted by atomic mass is 9.69. The topological polar surface area (TPSA) is 109 Å². The molecule has 0 bridgehead atoms. The van der Waals surface area contributed by atoms with Crippen molar-refractivity contribution >= 4 is 41.7 Å². The van der Waals surface area contributed by atoms with Gasteiger partial charge in [-0.25, -0.2) is 14.1 Å². The van der Waals surface area contributed by atoms with Crippen LogP contribution in [0.15, 0.2) is 61.2 Å². The van der Waals surface area contributed by atoms with E-state index in [0.717, 1.165) is 18.7 Å². The Morgan fingerprint density at radius 1 is 1.23 bits per heavy atom. The number of hydrogen-bond donors (Lipinski definition) is 2. The van der Waals surface area contributed by atoms with E-state index in [2.05, 4.69) is 37.0 Å². The summed E-state index contributed by atoms with van der Waals surface area (Å²) >= 11 is 6.71. The maximum atomic E-state index is 13.8. The monoisotopic (exact) mass is 551 g/mol. The van der Waals surface area contributed by atoms with Crippen molar-refractivity contribution in [1.82, 2.24) is 29.5 Å². The summed E-state index contributed by atoms with van der Waals surface area (Å²) in [6, 6.07) is 12.0. The minimum atomic E-state index is -1.36. The Morgan fingerprint density at radius 3 is 2.73 bits per heavy atom. The third-order valence-electron chi connectivity index (χ3n) is 7.09. The van der Waals surface area contributed by atoms with Crippen LogP contribution in [-0.2, 0) is 18.9 Å². The number of rotatable bonds is 9. The molecule has 3 aromatic heterocycles. The van der Waals surface area contributed by atoms with Crippen molar-refractivity contribution in [3.8, 4) is 6.07 Å². The fraction of sp³-hybridized carbons (Fsp3) is 0.250. The highest BCUT2D eigenvalue weighted by Gasteiger charge is 2.34. The molecule has 1 aliphatic carbocycles. The molecule has 2 N–H and O–H groups in total. The van der Waals surface area contributed by atoms with Gasteiger partial charge < -0.3 is 15.2 Å². The maximum absolute atomic E-state index is 13.8. The predicted octanol–water partition coefficient (Wildman–Crippen LogP) is 4.70. The van der Waals surface area contributed by atoms with Gasteiger partial charge in [0, 0.05) is 49.7 Å². The van der Waals surface area contributed by atoms with E-state index >= 15 is 0 Å². The molecule has 0 saturated heterocycles. The number of pyridine rings is 1. The van der Waals surface area contributed by atoms with Gasteiger partial charge in [0.2, 0.25) is 0 Å². The SMILES string of the molecule is [B]C(Nc1cc(Cl)c2ncc(C#N)c(NCCc3nccn3C)c2c1)(c1ccc(F)cc1)c1cn(C2CC2)nn1. The molecule has 1 atom stereocenters. The molecular formula is C28H24BClFN9. The summed E-state index contributed by atoms with van der Waals surface area (Å²) in [5, 5.41) is 26.3. The van der Waals surface area contributed by atoms with E-state index in [0.29, 0.717) is 63.1 Å². The van der Waals surface area contributed by atoms with Gasteiger partial charge in [-0.3, -0.25) is 4.98 Å². The Labute approximate surface area is 236 Å². The zero-order valence-corrected chi connectivity index (χ0v) is 22.4. The number of fused-ring (bicyclic) bond motifs is 1. The Bertz CT molecular complexity index is 1740. The lowest BCUT2D eigenvalue weighted by molar-refractivity contribution is 0.610. The highest BCUT2D eigenvalue weighted by Crippen LogP contribution is 2.38. The Kier molecular flexibility index (Phi) is 6.64. The van der Waals surface area contributed by atoms with Gasteiger partial charge >= 0.3 is 0 Å². The number of hydrogen-bond acceptors (Lipinski definition) is 7. The molecule has 12 heteroatoms. The molecule has 1 fully saturated rings. The molecule has 5 aromatic rings. The van der Waals surface area contributed by atoms with Gasteiger partial charge in [0.05, 0.1) is 39.5 Å². The van der Waals surface area contributed by atoms with Gasteiger partial charge in [-0.05, 0) is 42.7 Å². The van der Waals surface area contributed by atoms with Crippen LogP contribution in [-0.4, -0.2) is 43.9 Å². The third kappa shape index (κ3) is 4.87. The van der Waals surface area contributed by atoms with Crippen molar-refractivity contribution in [2.24, 2.45) is 7.05 Å². The van der Waals surface area contributed by atoms with Gasteiger partial charge in [0.25, 0.3) is 0 Å². The van der Waals surface area contributed by atoms with E-state index in [4.69, 9.17) is 19.4 Å². The van der Waals surface area contributed by atoms with Crippen molar-refractivity contribution in [3.63, 3.8) is 0 Å². The van der Waals surface area contributed by atoms with E-state index < -0.39 is 5.44 Å². The molecule has 2 radical (unpaired) electrons. The molecule has 40 heavy (non-hydrogen) atoms. The lowest BCUT2D eigenvalue weighted by Gasteiger charge is -2.32. The second-order valence-corrected chi connectivity index (χ2v) is 10.3. The number of anilines is 2. The fourth-order valence-electron chi connectivity index (χ4n) is 4.74. The van der Waals surface area contributed by atoms with Gasteiger partial charge in [-0.15, -0.1) is 5.10 Å². The number of nitriles is 1. The highest BCUT2D eigenvalue weighted by molar-refractivity contribution is 6.36. The maximum Gasteiger partial charge on any atom is 0.123 e. The lowest BCUT2D eigenvalue weighted by Crippen LogP contribution is -2.37. The quantitative estimate of drug-likeness (QED) is 0.256. The highest BCUT2D eigenvalue weighted by atomic mass is 35.5. The van der Waals surface area contributed by atoms with E-state index in [9.17, 15) is 9.65 Å². The van der Waals surface area contributed by atoms with Crippen molar-refractivity contribution in [1.29, 1.82) is 5.26 Å². The first-order chi connectivity index (χ1) is 19.4. The van der Waals surface area contributed by atoms with Crippen LogP contribution in [0.4, 0.5) is 15.8 Å². The molecule has 0 amide bonds. The molecule has 9 nitrogen and oxygen atoms in total. The number of halogens is 2. The predicted molar refractivity (Wildman–Crippen MR) is 152 cm³/mol. The van der Waals surface area contributed by atoms with Crippen molar-refractivity contribution in [2.75, 3.05) is 17.2 Å². The minimum Gasteiger partial charge on any atom is -0.383 e. The number of aromatic nitrogens is 6. The standard InChI is InChI=1S/C28H24BClFN9/c1-39-11-10-33-25(39)8-9-34-26-17(14-32)15-35-27-22(26)12-20(13-23(27)30)36-28(29,18-2-4-19(31)5-3-18)24-16-40(38-37-24)21-6-7-21/h2-5,10-13,15-16,21,36H,6-9H2,1H3,(H,34,35). The molecule has 6 rings (SSSR count). The molecule has 0 aliphatic heterocycles. The van der Waals surface area contributed by atoms with Crippen LogP contribution in [0.2, 0.25) is 5.02 Å². The summed E-state index contributed by atoms with van der Waals surface area (Å²) in [7, 11) is 8.94. The van der Waals surface area contributed by atoms with Crippen LogP contribution in [0, 0.1) is 17.1 Å². The number of benzene rings is 2. The van der Waals surface area contributed by atoms with Gasteiger partial charge in [0.15, 0.2) is 0 Å². The zero-order chi connectivity index (χ0) is 27.9. The third-order valence-corrected chi connectivity index (χ3v) is 7.38. The second-order valence-electron chi connectivity index (χ2n) is 9.90. The summed E-state index contributed by atoms with van der Waals surface area (Å²) in [5.74, 6) is 0.536. The van der Waals surface area contributed by atoms with Crippen LogP contribution in [0.3, 0.4) is 0 Å². The summed E-state index contributed by atoms with van der Waals surface area (Å²) in [5.41, 5.74) is 1.79. The number of nitrogens with zero attached hydrogens (tertiary/aromatic N) is 7. The van der Waals surface area contributed by atoms with E-state index in [1.54, 1.807) is 24.4 Å². The largest absolute Gasteiger partial charge is 0.383 e. The molecule has 1 aliphatic rings. The summed E-state index contributed by atoms with van der Waals surface area (Å²) in [6.07, 6.45) is 9.68. The molecule has 1 saturated carbocycles. The normalized spacial score (nSPS) is 14.6. The summed E-state index contributed by atoms with van der Waals surface area (Å²) in [6.45, 7) is 0.536. The average Bonchev–Trinajstić information content (AvgIpc) is 3.52. The van der Waals surface area contributed by atoms with Gasteiger partial charge in [-0.2, -0.15) is 5.26 Å². The van der Waals surface area contributed by atoms with Crippen molar-refractivity contribution in [2.45, 2.75) is 30.7 Å². The molecule has 1 unspecified atom stereocenters. The zero-order valence-electron chi connectivity index (χ0n) is 21.6. The summed E-state index contributed by atoms with van der Waals surface area (Å²) < 4.78 is 17.6. The summed E-state index contributed by atoms with van der Waals surface area (Å²) in [4.78, 5) is 8.80. The molecule has 2 aromatic carbocycles. The van der Waals surface area contributed by atoms with Crippen LogP contribution in [0.5, 0.6) is 0 Å². The van der Waals surface area contributed by atoms with Crippen LogP contribution in [0.25, 0.3) is 10.9 Å². The van der Waals surface area contributed by atoms with Crippen molar-refractivity contribution in [3.05, 3.63) is 94.7 Å². The van der Waals surface area contributed by atoms with E-state index in [1.165, 1.54) is 18.3 Å². The Morgan fingerprint density at radius 2 is 2.02 bits per heavy atom. The molecule has 0 spiro atoms. The number of aryl methyl sites for hydroxylation is 1. The minimum absolute atomic E-state index is 0.309. The first kappa shape index (κ1) is 25.8. The molecular weight excluding hydrogens is 528 g/mol. The number of imidazole rings is 1. The van der Waals surface area contributed by atoms with Gasteiger partial charge in [0.1, 0.15) is 31.3 Å². The fourth-order valence-corrected chi connectivity index (χ4v) is 5.01. The Balaban J connectivity index is 1.40. The van der Waals surface area contributed by atoms with Crippen LogP contribution in [0.1, 0.15) is 41.5 Å². The molecule has 198 valence electrons. The van der Waals surface area contributed by atoms with Crippen molar-refractivity contribution < 1.29 is 4.39 Å². The van der Waals surface area contributed by atoms with E-state index in [1.807, 2.05) is 34.8 Å². The van der Waals surface area contributed by atoms with Crippen LogP contribution >= 0.6 is 11.6 Å². The van der Waals surface area contributed by atoms with E-state index in [-0.39, 0.29) is 5.82 Å². The van der Waals surface area contributed by atoms with Gasteiger partial charge in [-0.1, -0.05) is 28.9 Å². The number of nitrogens with one attached hydrogen (secondary N) is 2. The first-order valence-electron chi connectivity index (χ1n) is 12.8. The smallest absolute Gasteiger partial charge is 0.123 e. The molecule has 3 heterocycles. The average molecular weight is 552 g/mol. The first-order valence-corrected chi connectivity index (χ1v) is 13.2.